The van der Waals surface area contributed by atoms with Gasteiger partial charge in [0.1, 0.15) is 18.5 Å². The Hall–Kier alpha value is -2.41. The topological polar surface area (TPSA) is 53.8 Å². The Morgan fingerprint density at radius 1 is 1.10 bits per heavy atom. The molecule has 0 radical (unpaired) electrons. The Balaban J connectivity index is 1.13. The lowest BCUT2D eigenvalue weighted by molar-refractivity contribution is 0.0703. The minimum Gasteiger partial charge on any atom is -0.491 e. The zero-order valence-electron chi connectivity index (χ0n) is 18.6. The molecule has 1 aromatic heterocycles. The normalized spacial score (nSPS) is 24.0. The minimum absolute atomic E-state index is 0.326. The maximum absolute atomic E-state index is 10.5. The highest BCUT2D eigenvalue weighted by molar-refractivity contribution is 5.88. The number of aliphatic hydroxyl groups is 1. The molecule has 0 amide bonds. The fourth-order valence-corrected chi connectivity index (χ4v) is 5.18. The van der Waals surface area contributed by atoms with Crippen molar-refractivity contribution < 1.29 is 9.84 Å². The van der Waals surface area contributed by atoms with Crippen molar-refractivity contribution in [3.63, 3.8) is 0 Å². The summed E-state index contributed by atoms with van der Waals surface area (Å²) in [6, 6.07) is 12.5. The van der Waals surface area contributed by atoms with E-state index in [9.17, 15) is 5.11 Å². The van der Waals surface area contributed by atoms with Gasteiger partial charge in [0.25, 0.3) is 0 Å². The number of aliphatic hydroxyl groups excluding tert-OH is 1. The molecule has 2 aromatic carbocycles. The summed E-state index contributed by atoms with van der Waals surface area (Å²) in [5.74, 6) is 3.31. The lowest BCUT2D eigenvalue weighted by Crippen LogP contribution is -2.36. The van der Waals surface area contributed by atoms with E-state index in [1.807, 2.05) is 36.3 Å². The number of β-amino-alcohol motifs (C(OH)–C–C–N with tert-alkyl or cyclic N) is 1. The third-order valence-corrected chi connectivity index (χ3v) is 6.78. The van der Waals surface area contributed by atoms with E-state index in [0.717, 1.165) is 58.5 Å². The van der Waals surface area contributed by atoms with Gasteiger partial charge < -0.3 is 19.6 Å². The second-order valence-corrected chi connectivity index (χ2v) is 9.56. The summed E-state index contributed by atoms with van der Waals surface area (Å²) in [4.78, 5) is 4.69. The summed E-state index contributed by atoms with van der Waals surface area (Å²) in [7, 11) is 6.23. The van der Waals surface area contributed by atoms with E-state index in [4.69, 9.17) is 4.74 Å². The molecule has 0 spiro atoms. The molecule has 1 aliphatic heterocycles. The average molecular weight is 421 g/mol. The third kappa shape index (κ3) is 4.47. The molecule has 6 heteroatoms. The van der Waals surface area contributed by atoms with Gasteiger partial charge in [0.2, 0.25) is 0 Å². The predicted molar refractivity (Wildman–Crippen MR) is 123 cm³/mol. The molecule has 6 nitrogen and oxygen atoms in total. The Kier molecular flexibility index (Phi) is 5.46. The van der Waals surface area contributed by atoms with E-state index >= 15 is 0 Å². The maximum Gasteiger partial charge on any atom is 0.120 e. The van der Waals surface area contributed by atoms with Crippen molar-refractivity contribution in [2.75, 3.05) is 46.9 Å². The van der Waals surface area contributed by atoms with Crippen LogP contribution in [0.25, 0.3) is 21.9 Å². The van der Waals surface area contributed by atoms with Crippen LogP contribution >= 0.6 is 0 Å². The van der Waals surface area contributed by atoms with E-state index in [1.165, 1.54) is 6.54 Å². The van der Waals surface area contributed by atoms with Gasteiger partial charge in [-0.1, -0.05) is 18.2 Å². The Bertz CT molecular complexity index is 1050. The summed E-state index contributed by atoms with van der Waals surface area (Å²) >= 11 is 0. The smallest absolute Gasteiger partial charge is 0.120 e. The molecule has 1 saturated heterocycles. The van der Waals surface area contributed by atoms with Crippen molar-refractivity contribution in [1.29, 1.82) is 0 Å². The zero-order valence-corrected chi connectivity index (χ0v) is 18.6. The molecule has 2 fully saturated rings. The fourth-order valence-electron chi connectivity index (χ4n) is 5.18. The number of aromatic nitrogens is 2. The van der Waals surface area contributed by atoms with Crippen LogP contribution in [-0.2, 0) is 7.05 Å². The second kappa shape index (κ2) is 8.26. The van der Waals surface area contributed by atoms with Crippen LogP contribution in [0.1, 0.15) is 0 Å². The molecule has 31 heavy (non-hydrogen) atoms. The number of ether oxygens (including phenoxy) is 1. The monoisotopic (exact) mass is 420 g/mol. The van der Waals surface area contributed by atoms with E-state index in [0.29, 0.717) is 13.2 Å². The number of benzene rings is 2. The molecule has 1 N–H and O–H groups in total. The highest BCUT2D eigenvalue weighted by atomic mass is 16.5. The van der Waals surface area contributed by atoms with E-state index in [1.54, 1.807) is 0 Å². The van der Waals surface area contributed by atoms with Gasteiger partial charge >= 0.3 is 0 Å². The van der Waals surface area contributed by atoms with Gasteiger partial charge in [0.15, 0.2) is 0 Å². The first-order valence-electron chi connectivity index (χ1n) is 11.2. The molecular weight excluding hydrogens is 388 g/mol. The highest BCUT2D eigenvalue weighted by Gasteiger charge is 2.55. The molecule has 0 bridgehead atoms. The molecule has 2 aliphatic rings. The van der Waals surface area contributed by atoms with Crippen molar-refractivity contribution in [1.82, 2.24) is 19.6 Å². The Labute approximate surface area is 184 Å². The molecule has 1 aliphatic carbocycles. The molecule has 2 unspecified atom stereocenters. The highest BCUT2D eigenvalue weighted by Crippen LogP contribution is 2.51. The van der Waals surface area contributed by atoms with Crippen LogP contribution in [0.4, 0.5) is 0 Å². The van der Waals surface area contributed by atoms with Gasteiger partial charge in [-0.15, -0.1) is 0 Å². The van der Waals surface area contributed by atoms with Crippen molar-refractivity contribution in [2.24, 2.45) is 24.8 Å². The van der Waals surface area contributed by atoms with Crippen molar-refractivity contribution in [3.05, 3.63) is 48.8 Å². The molecular formula is C25H32N4O2. The summed E-state index contributed by atoms with van der Waals surface area (Å²) in [6.07, 6.45) is 3.44. The largest absolute Gasteiger partial charge is 0.491 e. The summed E-state index contributed by atoms with van der Waals surface area (Å²) < 4.78 is 7.73. The first kappa shape index (κ1) is 20.5. The van der Waals surface area contributed by atoms with Crippen molar-refractivity contribution in [2.45, 2.75) is 6.10 Å². The summed E-state index contributed by atoms with van der Waals surface area (Å²) in [5.41, 5.74) is 2.27. The molecule has 5 rings (SSSR count). The third-order valence-electron chi connectivity index (χ3n) is 6.78. The standard InChI is InChI=1S/C25H32N4O2/c1-27(2)13-23-24-14-29(15-25(23)24)12-21(30)16-31-22-7-6-17-8-18(4-5-19(17)9-22)20-10-26-28(3)11-20/h4-11,21,23-25,30H,12-16H2,1-3H3/t21?,23?,24-,25+. The number of likely N-dealkylation sites (tertiary alicyclic amines) is 1. The van der Waals surface area contributed by atoms with Gasteiger partial charge in [-0.2, -0.15) is 5.10 Å². The second-order valence-electron chi connectivity index (χ2n) is 9.56. The maximum atomic E-state index is 10.5. The zero-order chi connectivity index (χ0) is 21.5. The molecule has 1 saturated carbocycles. The number of nitrogens with zero attached hydrogens (tertiary/aromatic N) is 4. The first-order chi connectivity index (χ1) is 15.0. The number of fused-ring (bicyclic) bond motifs is 2. The summed E-state index contributed by atoms with van der Waals surface area (Å²) in [6.45, 7) is 4.46. The number of aryl methyl sites for hydroxylation is 1. The Morgan fingerprint density at radius 3 is 2.55 bits per heavy atom. The SMILES string of the molecule is CN(C)CC1[C@H]2CN(CC(O)COc3ccc4cc(-c5cnn(C)c5)ccc4c3)C[C@@H]12. The van der Waals surface area contributed by atoms with Crippen LogP contribution in [0.15, 0.2) is 48.8 Å². The summed E-state index contributed by atoms with van der Waals surface area (Å²) in [5, 5.41) is 17.0. The van der Waals surface area contributed by atoms with E-state index in [-0.39, 0.29) is 0 Å². The van der Waals surface area contributed by atoms with Crippen LogP contribution in [-0.4, -0.2) is 77.7 Å². The number of rotatable bonds is 8. The molecule has 2 heterocycles. The van der Waals surface area contributed by atoms with Gasteiger partial charge in [-0.25, -0.2) is 0 Å². The van der Waals surface area contributed by atoms with Gasteiger partial charge in [-0.3, -0.25) is 4.68 Å². The number of hydrogen-bond donors (Lipinski definition) is 1. The lowest BCUT2D eigenvalue weighted by atomic mass is 10.0. The first-order valence-corrected chi connectivity index (χ1v) is 11.2. The number of hydrogen-bond acceptors (Lipinski definition) is 5. The predicted octanol–water partition coefficient (Wildman–Crippen LogP) is 2.72. The van der Waals surface area contributed by atoms with Crippen LogP contribution in [0.3, 0.4) is 0 Å². The van der Waals surface area contributed by atoms with Gasteiger partial charge in [0, 0.05) is 45.0 Å². The van der Waals surface area contributed by atoms with Crippen LogP contribution < -0.4 is 4.74 Å². The lowest BCUT2D eigenvalue weighted by Gasteiger charge is -2.23. The molecule has 3 aromatic rings. The van der Waals surface area contributed by atoms with E-state index in [2.05, 4.69) is 53.3 Å². The van der Waals surface area contributed by atoms with Gasteiger partial charge in [-0.05, 0) is 66.4 Å². The molecule has 4 atom stereocenters. The van der Waals surface area contributed by atoms with Crippen LogP contribution in [0.5, 0.6) is 5.75 Å². The fraction of sp³-hybridized carbons (Fsp3) is 0.480. The van der Waals surface area contributed by atoms with E-state index < -0.39 is 6.10 Å². The van der Waals surface area contributed by atoms with Crippen LogP contribution in [0.2, 0.25) is 0 Å². The average Bonchev–Trinajstić information content (AvgIpc) is 3.10. The quantitative estimate of drug-likeness (QED) is 0.607. The molecule has 164 valence electrons. The van der Waals surface area contributed by atoms with Crippen LogP contribution in [0, 0.1) is 17.8 Å². The minimum atomic E-state index is -0.464. The van der Waals surface area contributed by atoms with Crippen molar-refractivity contribution in [3.8, 4) is 16.9 Å². The Morgan fingerprint density at radius 2 is 1.84 bits per heavy atom. The van der Waals surface area contributed by atoms with Crippen molar-refractivity contribution >= 4 is 10.8 Å². The van der Waals surface area contributed by atoms with Gasteiger partial charge in [0.05, 0.1) is 6.20 Å². The number of piperidine rings is 1.